The summed E-state index contributed by atoms with van der Waals surface area (Å²) in [6.07, 6.45) is 3.37. The number of aliphatic imine (C=N–C) groups is 1. The molecule has 1 amide bonds. The Bertz CT molecular complexity index is 859. The molecule has 0 bridgehead atoms. The van der Waals surface area contributed by atoms with Gasteiger partial charge in [-0.05, 0) is 17.7 Å². The highest BCUT2D eigenvalue weighted by Crippen LogP contribution is 2.20. The molecule has 158 valence electrons. The third kappa shape index (κ3) is 5.83. The van der Waals surface area contributed by atoms with Crippen LogP contribution in [0.1, 0.15) is 11.7 Å². The first-order valence-corrected chi connectivity index (χ1v) is 9.42. The van der Waals surface area contributed by atoms with Crippen molar-refractivity contribution in [2.75, 3.05) is 45.2 Å². The first-order chi connectivity index (χ1) is 13.5. The Labute approximate surface area is 192 Å². The first-order valence-electron chi connectivity index (χ1n) is 9.04. The van der Waals surface area contributed by atoms with Crippen LogP contribution >= 0.6 is 35.6 Å². The van der Waals surface area contributed by atoms with Crippen molar-refractivity contribution in [2.45, 2.75) is 6.10 Å². The van der Waals surface area contributed by atoms with Gasteiger partial charge in [0.15, 0.2) is 5.96 Å². The molecule has 29 heavy (non-hydrogen) atoms. The van der Waals surface area contributed by atoms with Gasteiger partial charge >= 0.3 is 0 Å². The van der Waals surface area contributed by atoms with Gasteiger partial charge in [-0.3, -0.25) is 14.5 Å². The van der Waals surface area contributed by atoms with Crippen molar-refractivity contribution in [2.24, 2.45) is 12.0 Å². The molecule has 8 nitrogen and oxygen atoms in total. The lowest BCUT2D eigenvalue weighted by Crippen LogP contribution is -2.55. The van der Waals surface area contributed by atoms with Gasteiger partial charge in [0.25, 0.3) is 0 Å². The molecule has 0 spiro atoms. The average Bonchev–Trinajstić information content (AvgIpc) is 3.11. The van der Waals surface area contributed by atoms with E-state index in [1.165, 1.54) is 0 Å². The number of rotatable bonds is 5. The Morgan fingerprint density at radius 1 is 1.41 bits per heavy atom. The number of benzene rings is 1. The zero-order chi connectivity index (χ0) is 20.1. The maximum atomic E-state index is 12.6. The quantitative estimate of drug-likeness (QED) is 0.363. The molecular formula is C19H26ClIN6O2. The minimum atomic E-state index is -0.178. The second kappa shape index (κ2) is 10.8. The number of hydrogen-bond donors (Lipinski definition) is 1. The predicted octanol–water partition coefficient (Wildman–Crippen LogP) is 2.30. The van der Waals surface area contributed by atoms with Gasteiger partial charge in [-0.2, -0.15) is 5.10 Å². The van der Waals surface area contributed by atoms with Crippen LogP contribution in [0.25, 0.3) is 0 Å². The number of aryl methyl sites for hydroxylation is 1. The Morgan fingerprint density at radius 3 is 2.79 bits per heavy atom. The first kappa shape index (κ1) is 23.4. The fourth-order valence-electron chi connectivity index (χ4n) is 3.24. The molecule has 0 saturated carbocycles. The van der Waals surface area contributed by atoms with E-state index in [1.807, 2.05) is 42.4 Å². The molecule has 2 aromatic rings. The smallest absolute Gasteiger partial charge is 0.246 e. The average molecular weight is 533 g/mol. The van der Waals surface area contributed by atoms with E-state index in [2.05, 4.69) is 15.4 Å². The lowest BCUT2D eigenvalue weighted by Gasteiger charge is -2.35. The fourth-order valence-corrected chi connectivity index (χ4v) is 3.43. The summed E-state index contributed by atoms with van der Waals surface area (Å²) in [7, 11) is 5.20. The molecule has 1 saturated heterocycles. The standard InChI is InChI=1S/C19H25ClN6O2.HI/c1-21-19(22-11-17(28-3)14-5-4-6-15(20)9-14)25-7-8-26(18(27)13-25)16-10-23-24(2)12-16;/h4-6,9-10,12,17H,7-8,11,13H2,1-3H3,(H,21,22);1H. The number of amides is 1. The normalized spacial score (nSPS) is 15.9. The highest BCUT2D eigenvalue weighted by molar-refractivity contribution is 14.0. The van der Waals surface area contributed by atoms with Gasteiger partial charge in [-0.1, -0.05) is 23.7 Å². The van der Waals surface area contributed by atoms with E-state index in [9.17, 15) is 4.79 Å². The molecule has 1 aliphatic rings. The van der Waals surface area contributed by atoms with Crippen LogP contribution in [0, 0.1) is 0 Å². The van der Waals surface area contributed by atoms with Crippen LogP contribution in [0.15, 0.2) is 41.7 Å². The van der Waals surface area contributed by atoms with Crippen LogP contribution in [-0.2, 0) is 16.6 Å². The van der Waals surface area contributed by atoms with Gasteiger partial charge in [0, 0.05) is 52.1 Å². The molecule has 1 fully saturated rings. The third-order valence-electron chi connectivity index (χ3n) is 4.69. The van der Waals surface area contributed by atoms with Crippen LogP contribution in [-0.4, -0.2) is 66.9 Å². The lowest BCUT2D eigenvalue weighted by molar-refractivity contribution is -0.120. The Kier molecular flexibility index (Phi) is 8.72. The number of anilines is 1. The van der Waals surface area contributed by atoms with Crippen LogP contribution in [0.5, 0.6) is 0 Å². The van der Waals surface area contributed by atoms with Crippen LogP contribution in [0.2, 0.25) is 5.02 Å². The van der Waals surface area contributed by atoms with Gasteiger partial charge < -0.3 is 19.9 Å². The summed E-state index contributed by atoms with van der Waals surface area (Å²) in [5.41, 5.74) is 1.80. The Morgan fingerprint density at radius 2 is 2.21 bits per heavy atom. The molecule has 2 heterocycles. The number of methoxy groups -OCH3 is 1. The van der Waals surface area contributed by atoms with Crippen molar-refractivity contribution in [3.8, 4) is 0 Å². The summed E-state index contributed by atoms with van der Waals surface area (Å²) in [5.74, 6) is 0.684. The van der Waals surface area contributed by atoms with Gasteiger partial charge in [0.2, 0.25) is 5.91 Å². The number of nitrogens with zero attached hydrogens (tertiary/aromatic N) is 5. The van der Waals surface area contributed by atoms with Gasteiger partial charge in [-0.25, -0.2) is 0 Å². The molecule has 1 unspecified atom stereocenters. The SMILES string of the molecule is CN=C(NCC(OC)c1cccc(Cl)c1)N1CCN(c2cnn(C)c2)C(=O)C1.I. The molecule has 0 radical (unpaired) electrons. The number of guanidine groups is 1. The van der Waals surface area contributed by atoms with Crippen LogP contribution < -0.4 is 10.2 Å². The molecule has 10 heteroatoms. The molecule has 0 aliphatic carbocycles. The maximum absolute atomic E-state index is 12.6. The van der Waals surface area contributed by atoms with Crippen molar-refractivity contribution < 1.29 is 9.53 Å². The van der Waals surface area contributed by atoms with Crippen molar-refractivity contribution in [1.82, 2.24) is 20.0 Å². The zero-order valence-corrected chi connectivity index (χ0v) is 19.8. The van der Waals surface area contributed by atoms with E-state index in [1.54, 1.807) is 29.9 Å². The summed E-state index contributed by atoms with van der Waals surface area (Å²) >= 11 is 6.08. The fraction of sp³-hybridized carbons (Fsp3) is 0.421. The molecule has 1 N–H and O–H groups in total. The van der Waals surface area contributed by atoms with Crippen molar-refractivity contribution in [1.29, 1.82) is 0 Å². The van der Waals surface area contributed by atoms with Crippen molar-refractivity contribution >= 4 is 53.1 Å². The van der Waals surface area contributed by atoms with Crippen LogP contribution in [0.3, 0.4) is 0 Å². The van der Waals surface area contributed by atoms with Crippen molar-refractivity contribution in [3.05, 3.63) is 47.2 Å². The van der Waals surface area contributed by atoms with E-state index in [4.69, 9.17) is 16.3 Å². The number of carbonyl (C=O) groups excluding carboxylic acids is 1. The van der Waals surface area contributed by atoms with Gasteiger partial charge in [0.05, 0.1) is 18.0 Å². The number of halogens is 2. The number of aromatic nitrogens is 2. The molecule has 1 aromatic heterocycles. The number of nitrogens with one attached hydrogen (secondary N) is 1. The monoisotopic (exact) mass is 532 g/mol. The summed E-state index contributed by atoms with van der Waals surface area (Å²) in [5, 5.41) is 8.12. The highest BCUT2D eigenvalue weighted by Gasteiger charge is 2.28. The summed E-state index contributed by atoms with van der Waals surface area (Å²) in [6.45, 7) is 2.02. The van der Waals surface area contributed by atoms with Crippen LogP contribution in [0.4, 0.5) is 5.69 Å². The molecular weight excluding hydrogens is 507 g/mol. The van der Waals surface area contributed by atoms with E-state index in [0.29, 0.717) is 30.6 Å². The molecule has 1 atom stereocenters. The minimum Gasteiger partial charge on any atom is -0.375 e. The number of carbonyl (C=O) groups is 1. The number of hydrogen-bond acceptors (Lipinski definition) is 4. The van der Waals surface area contributed by atoms with Gasteiger partial charge in [0.1, 0.15) is 6.54 Å². The predicted molar refractivity (Wildman–Crippen MR) is 125 cm³/mol. The minimum absolute atomic E-state index is 0. The highest BCUT2D eigenvalue weighted by atomic mass is 127. The largest absolute Gasteiger partial charge is 0.375 e. The lowest BCUT2D eigenvalue weighted by atomic mass is 10.1. The van der Waals surface area contributed by atoms with E-state index < -0.39 is 0 Å². The maximum Gasteiger partial charge on any atom is 0.246 e. The summed E-state index contributed by atoms with van der Waals surface area (Å²) in [6, 6.07) is 7.59. The topological polar surface area (TPSA) is 75.0 Å². The summed E-state index contributed by atoms with van der Waals surface area (Å²) in [4.78, 5) is 20.6. The van der Waals surface area contributed by atoms with E-state index >= 15 is 0 Å². The second-order valence-corrected chi connectivity index (χ2v) is 6.98. The number of ether oxygens (including phenoxy) is 1. The van der Waals surface area contributed by atoms with Crippen molar-refractivity contribution in [3.63, 3.8) is 0 Å². The third-order valence-corrected chi connectivity index (χ3v) is 4.92. The molecule has 1 aliphatic heterocycles. The van der Waals surface area contributed by atoms with E-state index in [-0.39, 0.29) is 42.5 Å². The molecule has 1 aromatic carbocycles. The van der Waals surface area contributed by atoms with Gasteiger partial charge in [-0.15, -0.1) is 24.0 Å². The Balaban J connectivity index is 0.00000300. The number of piperazine rings is 1. The molecule has 3 rings (SSSR count). The van der Waals surface area contributed by atoms with E-state index in [0.717, 1.165) is 11.3 Å². The summed E-state index contributed by atoms with van der Waals surface area (Å²) < 4.78 is 7.28. The zero-order valence-electron chi connectivity index (χ0n) is 16.7. The Hall–Kier alpha value is -1.85. The second-order valence-electron chi connectivity index (χ2n) is 6.55.